The zero-order valence-corrected chi connectivity index (χ0v) is 11.0. The highest BCUT2D eigenvalue weighted by atomic mass is 16.5. The lowest BCUT2D eigenvalue weighted by Gasteiger charge is -2.38. The third-order valence-electron chi connectivity index (χ3n) is 3.25. The topological polar surface area (TPSA) is 58.6 Å². The average molecular weight is 262 g/mol. The molecule has 1 unspecified atom stereocenters. The van der Waals surface area contributed by atoms with Crippen molar-refractivity contribution in [2.24, 2.45) is 0 Å². The Kier molecular flexibility index (Phi) is 4.04. The second kappa shape index (κ2) is 5.73. The summed E-state index contributed by atoms with van der Waals surface area (Å²) in [6.45, 7) is 6.84. The van der Waals surface area contributed by atoms with Crippen LogP contribution in [0.5, 0.6) is 0 Å². The number of amides is 2. The second-order valence-electron chi connectivity index (χ2n) is 4.46. The summed E-state index contributed by atoms with van der Waals surface area (Å²) in [5, 5.41) is 2.38. The van der Waals surface area contributed by atoms with E-state index in [4.69, 9.17) is 4.74 Å². The van der Waals surface area contributed by atoms with Crippen molar-refractivity contribution in [1.29, 1.82) is 0 Å². The zero-order chi connectivity index (χ0) is 13.8. The summed E-state index contributed by atoms with van der Waals surface area (Å²) >= 11 is 0. The summed E-state index contributed by atoms with van der Waals surface area (Å²) in [5.41, 5.74) is 0.804. The number of rotatable bonds is 3. The Morgan fingerprint density at radius 1 is 1.47 bits per heavy atom. The van der Waals surface area contributed by atoms with Gasteiger partial charge in [-0.1, -0.05) is 12.7 Å². The van der Waals surface area contributed by atoms with Crippen molar-refractivity contribution in [2.75, 3.05) is 13.2 Å². The van der Waals surface area contributed by atoms with Gasteiger partial charge in [-0.2, -0.15) is 0 Å². The number of nitrogens with one attached hydrogen (secondary N) is 1. The van der Waals surface area contributed by atoms with Crippen LogP contribution >= 0.6 is 0 Å². The van der Waals surface area contributed by atoms with Crippen molar-refractivity contribution in [3.05, 3.63) is 36.3 Å². The molecule has 0 aromatic heterocycles. The number of imide groups is 1. The Labute approximate surface area is 112 Å². The van der Waals surface area contributed by atoms with Gasteiger partial charge in [0, 0.05) is 6.42 Å². The molecule has 102 valence electrons. The summed E-state index contributed by atoms with van der Waals surface area (Å²) in [5.74, 6) is 0.276. The van der Waals surface area contributed by atoms with Gasteiger partial charge < -0.3 is 9.64 Å². The number of hydrogen-bond donors (Lipinski definition) is 1. The predicted molar refractivity (Wildman–Crippen MR) is 70.9 cm³/mol. The van der Waals surface area contributed by atoms with Gasteiger partial charge in [0.05, 0.1) is 12.2 Å². The molecule has 1 N–H and O–H groups in total. The van der Waals surface area contributed by atoms with E-state index in [0.29, 0.717) is 31.8 Å². The molecule has 0 aromatic carbocycles. The van der Waals surface area contributed by atoms with Gasteiger partial charge in [-0.15, -0.1) is 0 Å². The first-order valence-corrected chi connectivity index (χ1v) is 6.40. The van der Waals surface area contributed by atoms with Crippen molar-refractivity contribution >= 4 is 11.8 Å². The Bertz CT molecular complexity index is 465. The summed E-state index contributed by atoms with van der Waals surface area (Å²) in [6, 6.07) is -0.324. The van der Waals surface area contributed by atoms with Gasteiger partial charge in [-0.25, -0.2) is 0 Å². The number of allylic oxidation sites excluding steroid dienone is 3. The van der Waals surface area contributed by atoms with Gasteiger partial charge in [-0.3, -0.25) is 14.9 Å². The van der Waals surface area contributed by atoms with E-state index in [9.17, 15) is 9.59 Å². The third kappa shape index (κ3) is 2.70. The van der Waals surface area contributed by atoms with E-state index in [0.717, 1.165) is 5.70 Å². The molecule has 0 bridgehead atoms. The molecule has 2 rings (SSSR count). The van der Waals surface area contributed by atoms with E-state index in [2.05, 4.69) is 11.9 Å². The first-order chi connectivity index (χ1) is 9.17. The van der Waals surface area contributed by atoms with Gasteiger partial charge >= 0.3 is 0 Å². The highest BCUT2D eigenvalue weighted by Gasteiger charge is 2.34. The molecule has 0 aliphatic carbocycles. The number of carbonyl (C=O) groups is 2. The molecule has 0 radical (unpaired) electrons. The lowest BCUT2D eigenvalue weighted by atomic mass is 10.0. The molecule has 5 nitrogen and oxygen atoms in total. The van der Waals surface area contributed by atoms with Crippen molar-refractivity contribution in [1.82, 2.24) is 10.2 Å². The minimum atomic E-state index is -0.324. The van der Waals surface area contributed by atoms with E-state index in [-0.39, 0.29) is 17.9 Å². The van der Waals surface area contributed by atoms with E-state index in [1.54, 1.807) is 6.08 Å². The monoisotopic (exact) mass is 262 g/mol. The fourth-order valence-corrected chi connectivity index (χ4v) is 2.40. The van der Waals surface area contributed by atoms with E-state index >= 15 is 0 Å². The van der Waals surface area contributed by atoms with Gasteiger partial charge in [0.2, 0.25) is 11.8 Å². The van der Waals surface area contributed by atoms with Gasteiger partial charge in [0.15, 0.2) is 0 Å². The molecule has 5 heteroatoms. The molecule has 1 atom stereocenters. The summed E-state index contributed by atoms with van der Waals surface area (Å²) in [7, 11) is 0. The molecular weight excluding hydrogens is 244 g/mol. The Balaban J connectivity index is 2.27. The summed E-state index contributed by atoms with van der Waals surface area (Å²) in [6.07, 6.45) is 6.34. The van der Waals surface area contributed by atoms with Crippen LogP contribution in [0.2, 0.25) is 0 Å². The number of nitrogens with zero attached hydrogens (tertiary/aromatic N) is 1. The van der Waals surface area contributed by atoms with Crippen LogP contribution in [0.4, 0.5) is 0 Å². The van der Waals surface area contributed by atoms with E-state index < -0.39 is 0 Å². The molecule has 2 heterocycles. The standard InChI is InChI=1S/C14H18N2O3/c1-3-5-12-10(4-2)16(8-9-19-12)11-6-7-13(17)15-14(11)18/h3-5,11H,2,6-9H2,1H3,(H,15,17,18)/b5-3-. The molecule has 2 aliphatic heterocycles. The molecule has 2 amide bonds. The fraction of sp³-hybridized carbons (Fsp3) is 0.429. The molecule has 1 saturated heterocycles. The summed E-state index contributed by atoms with van der Waals surface area (Å²) in [4.78, 5) is 25.1. The normalized spacial score (nSPS) is 24.5. The van der Waals surface area contributed by atoms with Gasteiger partial charge in [0.25, 0.3) is 0 Å². The van der Waals surface area contributed by atoms with Crippen LogP contribution in [-0.4, -0.2) is 35.9 Å². The molecular formula is C14H18N2O3. The quantitative estimate of drug-likeness (QED) is 0.774. The SMILES string of the molecule is C=CC1=C(/C=C\C)OCCN1C1CCC(=O)NC1=O. The van der Waals surface area contributed by atoms with Crippen LogP contribution in [-0.2, 0) is 14.3 Å². The van der Waals surface area contributed by atoms with E-state index in [1.165, 1.54) is 0 Å². The minimum absolute atomic E-state index is 0.202. The first-order valence-electron chi connectivity index (χ1n) is 6.40. The molecule has 0 aromatic rings. The largest absolute Gasteiger partial charge is 0.490 e. The predicted octanol–water partition coefficient (Wildman–Crippen LogP) is 1.10. The van der Waals surface area contributed by atoms with Crippen LogP contribution in [0.1, 0.15) is 19.8 Å². The van der Waals surface area contributed by atoms with Gasteiger partial charge in [-0.05, 0) is 25.5 Å². The molecule has 0 spiro atoms. The number of piperidine rings is 1. The maximum Gasteiger partial charge on any atom is 0.249 e. The van der Waals surface area contributed by atoms with Crippen LogP contribution in [0.3, 0.4) is 0 Å². The maximum atomic E-state index is 11.9. The molecule has 2 aliphatic rings. The first kappa shape index (κ1) is 13.4. The molecule has 19 heavy (non-hydrogen) atoms. The Morgan fingerprint density at radius 3 is 2.89 bits per heavy atom. The minimum Gasteiger partial charge on any atom is -0.490 e. The van der Waals surface area contributed by atoms with Crippen LogP contribution < -0.4 is 5.32 Å². The molecule has 0 saturated carbocycles. The highest BCUT2D eigenvalue weighted by Crippen LogP contribution is 2.25. The van der Waals surface area contributed by atoms with Crippen molar-refractivity contribution in [3.8, 4) is 0 Å². The zero-order valence-electron chi connectivity index (χ0n) is 11.0. The molecule has 1 fully saturated rings. The van der Waals surface area contributed by atoms with Crippen LogP contribution in [0, 0.1) is 0 Å². The van der Waals surface area contributed by atoms with Gasteiger partial charge in [0.1, 0.15) is 18.4 Å². The maximum absolute atomic E-state index is 11.9. The third-order valence-corrected chi connectivity index (χ3v) is 3.25. The lowest BCUT2D eigenvalue weighted by molar-refractivity contribution is -0.137. The average Bonchev–Trinajstić information content (AvgIpc) is 2.39. The summed E-state index contributed by atoms with van der Waals surface area (Å²) < 4.78 is 5.58. The van der Waals surface area contributed by atoms with Crippen LogP contribution in [0.15, 0.2) is 36.3 Å². The number of carbonyl (C=O) groups excluding carboxylic acids is 2. The van der Waals surface area contributed by atoms with Crippen molar-refractivity contribution in [2.45, 2.75) is 25.8 Å². The number of ether oxygens (including phenoxy) is 1. The highest BCUT2D eigenvalue weighted by molar-refractivity contribution is 6.00. The van der Waals surface area contributed by atoms with Crippen LogP contribution in [0.25, 0.3) is 0 Å². The Hall–Kier alpha value is -2.04. The number of hydrogen-bond acceptors (Lipinski definition) is 4. The van der Waals surface area contributed by atoms with Crippen molar-refractivity contribution < 1.29 is 14.3 Å². The lowest BCUT2D eigenvalue weighted by Crippen LogP contribution is -2.53. The Morgan fingerprint density at radius 2 is 2.26 bits per heavy atom. The van der Waals surface area contributed by atoms with Crippen molar-refractivity contribution in [3.63, 3.8) is 0 Å². The van der Waals surface area contributed by atoms with E-state index in [1.807, 2.05) is 24.0 Å². The smallest absolute Gasteiger partial charge is 0.249 e. The fourth-order valence-electron chi connectivity index (χ4n) is 2.40. The second-order valence-corrected chi connectivity index (χ2v) is 4.46.